The van der Waals surface area contributed by atoms with Gasteiger partial charge in [-0.2, -0.15) is 9.40 Å². The summed E-state index contributed by atoms with van der Waals surface area (Å²) in [4.78, 5) is -1.84. The van der Waals surface area contributed by atoms with Crippen LogP contribution in [0, 0.1) is 41.4 Å². The lowest BCUT2D eigenvalue weighted by Crippen LogP contribution is -2.32. The molecule has 11 heteroatoms. The van der Waals surface area contributed by atoms with E-state index >= 15 is 0 Å². The zero-order valence-electron chi connectivity index (χ0n) is 14.6. The van der Waals surface area contributed by atoms with Gasteiger partial charge < -0.3 is 0 Å². The third-order valence-corrected chi connectivity index (χ3v) is 6.60. The van der Waals surface area contributed by atoms with E-state index in [1.807, 2.05) is 0 Å². The molecule has 3 rings (SSSR count). The van der Waals surface area contributed by atoms with Crippen LogP contribution < -0.4 is 0 Å². The molecule has 2 heterocycles. The lowest BCUT2D eigenvalue weighted by Gasteiger charge is -2.23. The van der Waals surface area contributed by atoms with Crippen molar-refractivity contribution in [3.05, 3.63) is 46.5 Å². The van der Waals surface area contributed by atoms with E-state index in [1.165, 1.54) is 0 Å². The fourth-order valence-corrected chi connectivity index (χ4v) is 5.05. The number of hydrogen-bond acceptors (Lipinski definition) is 3. The third-order valence-electron chi connectivity index (χ3n) is 4.76. The van der Waals surface area contributed by atoms with E-state index in [0.29, 0.717) is 5.69 Å². The summed E-state index contributed by atoms with van der Waals surface area (Å²) in [6, 6.07) is 1.71. The molecule has 0 bridgehead atoms. The summed E-state index contributed by atoms with van der Waals surface area (Å²) in [6.45, 7) is 4.83. The van der Waals surface area contributed by atoms with E-state index in [4.69, 9.17) is 0 Å². The molecule has 0 saturated carbocycles. The van der Waals surface area contributed by atoms with Crippen molar-refractivity contribution in [1.29, 1.82) is 0 Å². The summed E-state index contributed by atoms with van der Waals surface area (Å²) in [5.74, 6) is -12.2. The van der Waals surface area contributed by atoms with E-state index < -0.39 is 55.3 Å². The lowest BCUT2D eigenvalue weighted by atomic mass is 9.80. The normalized spacial score (nSPS) is 20.4. The molecule has 148 valence electrons. The summed E-state index contributed by atoms with van der Waals surface area (Å²) < 4.78 is 94.4. The van der Waals surface area contributed by atoms with Gasteiger partial charge in [0.15, 0.2) is 28.2 Å². The highest BCUT2D eigenvalue weighted by atomic mass is 32.2. The number of hydrogen-bond donors (Lipinski definition) is 1. The van der Waals surface area contributed by atoms with Crippen molar-refractivity contribution in [1.82, 2.24) is 14.5 Å². The van der Waals surface area contributed by atoms with E-state index in [0.717, 1.165) is 10.00 Å². The average Bonchev–Trinajstić information content (AvgIpc) is 3.13. The smallest absolute Gasteiger partial charge is 0.249 e. The molecular weight excluding hydrogens is 393 g/mol. The van der Waals surface area contributed by atoms with Crippen LogP contribution in [-0.4, -0.2) is 36.0 Å². The van der Waals surface area contributed by atoms with Crippen LogP contribution in [0.4, 0.5) is 22.0 Å². The summed E-state index contributed by atoms with van der Waals surface area (Å²) in [7, 11) is -4.97. The van der Waals surface area contributed by atoms with Gasteiger partial charge in [-0.25, -0.2) is 30.4 Å². The SMILES string of the molecule is Cc1cc(C2CN(S(=O)(=O)c3c(F)c(F)c(F)c(F)c3F)CC2(C)C)n[nH]1. The number of rotatable bonds is 3. The highest BCUT2D eigenvalue weighted by molar-refractivity contribution is 7.89. The Morgan fingerprint density at radius 2 is 1.59 bits per heavy atom. The molecule has 1 fully saturated rings. The summed E-state index contributed by atoms with van der Waals surface area (Å²) in [6.07, 6.45) is 0. The maximum Gasteiger partial charge on any atom is 0.249 e. The molecule has 1 N–H and O–H groups in total. The van der Waals surface area contributed by atoms with Gasteiger partial charge in [0.2, 0.25) is 15.8 Å². The van der Waals surface area contributed by atoms with Gasteiger partial charge in [-0.3, -0.25) is 5.10 Å². The molecule has 1 aromatic heterocycles. The number of sulfonamides is 1. The van der Waals surface area contributed by atoms with Crippen molar-refractivity contribution in [2.24, 2.45) is 5.41 Å². The highest BCUT2D eigenvalue weighted by Gasteiger charge is 2.48. The molecule has 0 radical (unpaired) electrons. The Balaban J connectivity index is 2.07. The number of benzene rings is 1. The molecular formula is C16H16F5N3O2S. The topological polar surface area (TPSA) is 66.1 Å². The first-order valence-corrected chi connectivity index (χ1v) is 9.35. The van der Waals surface area contributed by atoms with Gasteiger partial charge in [-0.15, -0.1) is 0 Å². The maximum atomic E-state index is 14.0. The predicted octanol–water partition coefficient (Wildman–Crippen LogP) is 3.23. The minimum Gasteiger partial charge on any atom is -0.283 e. The molecule has 1 aromatic carbocycles. The number of halogens is 5. The zero-order valence-corrected chi connectivity index (χ0v) is 15.4. The highest BCUT2D eigenvalue weighted by Crippen LogP contribution is 2.44. The van der Waals surface area contributed by atoms with Crippen LogP contribution >= 0.6 is 0 Å². The van der Waals surface area contributed by atoms with Crippen LogP contribution in [0.1, 0.15) is 31.2 Å². The molecule has 0 aliphatic carbocycles. The first-order valence-electron chi connectivity index (χ1n) is 7.91. The molecule has 5 nitrogen and oxygen atoms in total. The molecule has 1 saturated heterocycles. The molecule has 0 amide bonds. The van der Waals surface area contributed by atoms with Crippen molar-refractivity contribution >= 4 is 10.0 Å². The molecule has 1 aliphatic heterocycles. The maximum absolute atomic E-state index is 14.0. The molecule has 1 unspecified atom stereocenters. The largest absolute Gasteiger partial charge is 0.283 e. The van der Waals surface area contributed by atoms with E-state index in [9.17, 15) is 30.4 Å². The first-order chi connectivity index (χ1) is 12.4. The standard InChI is InChI=1S/C16H16F5N3O2S/c1-7-4-9(23-22-7)8-5-24(6-16(8,2)3)27(25,26)15-13(20)11(18)10(17)12(19)14(15)21/h4,8H,5-6H2,1-3H3,(H,22,23). The van der Waals surface area contributed by atoms with E-state index in [2.05, 4.69) is 10.2 Å². The van der Waals surface area contributed by atoms with Crippen molar-refractivity contribution in [3.8, 4) is 0 Å². The summed E-state index contributed by atoms with van der Waals surface area (Å²) in [5.41, 5.74) is 0.605. The van der Waals surface area contributed by atoms with Gasteiger partial charge in [0, 0.05) is 24.7 Å². The van der Waals surface area contributed by atoms with E-state index in [-0.39, 0.29) is 13.1 Å². The van der Waals surface area contributed by atoms with Crippen molar-refractivity contribution in [3.63, 3.8) is 0 Å². The Bertz CT molecular complexity index is 990. The molecule has 0 spiro atoms. The zero-order chi connectivity index (χ0) is 20.3. The number of H-pyrrole nitrogens is 1. The molecule has 2 aromatic rings. The second kappa shape index (κ2) is 6.26. The molecule has 27 heavy (non-hydrogen) atoms. The monoisotopic (exact) mass is 409 g/mol. The second-order valence-corrected chi connectivity index (χ2v) is 9.09. The van der Waals surface area contributed by atoms with Crippen LogP contribution in [0.3, 0.4) is 0 Å². The van der Waals surface area contributed by atoms with Gasteiger partial charge in [0.05, 0.1) is 5.69 Å². The Labute approximate surface area is 152 Å². The minimum atomic E-state index is -4.97. The average molecular weight is 409 g/mol. The summed E-state index contributed by atoms with van der Waals surface area (Å²) in [5, 5.41) is 6.82. The fraction of sp³-hybridized carbons (Fsp3) is 0.438. The third kappa shape index (κ3) is 3.02. The molecule has 1 aliphatic rings. The van der Waals surface area contributed by atoms with Gasteiger partial charge in [0.25, 0.3) is 0 Å². The Kier molecular flexibility index (Phi) is 4.58. The van der Waals surface area contributed by atoms with Gasteiger partial charge in [-0.05, 0) is 18.4 Å². The van der Waals surface area contributed by atoms with Crippen molar-refractivity contribution in [2.45, 2.75) is 31.6 Å². The lowest BCUT2D eigenvalue weighted by molar-refractivity contribution is 0.337. The number of nitrogens with one attached hydrogen (secondary N) is 1. The van der Waals surface area contributed by atoms with Gasteiger partial charge in [0.1, 0.15) is 0 Å². The van der Waals surface area contributed by atoms with Crippen LogP contribution in [0.5, 0.6) is 0 Å². The van der Waals surface area contributed by atoms with Crippen LogP contribution in [-0.2, 0) is 10.0 Å². The first kappa shape index (κ1) is 19.7. The van der Waals surface area contributed by atoms with Crippen LogP contribution in [0.15, 0.2) is 11.0 Å². The number of aromatic amines is 1. The number of aryl methyl sites for hydroxylation is 1. The fourth-order valence-electron chi connectivity index (χ4n) is 3.31. The minimum absolute atomic E-state index is 0.175. The number of nitrogens with zero attached hydrogens (tertiary/aromatic N) is 2. The van der Waals surface area contributed by atoms with Crippen molar-refractivity contribution < 1.29 is 30.4 Å². The number of aromatic nitrogens is 2. The Morgan fingerprint density at radius 1 is 1.07 bits per heavy atom. The quantitative estimate of drug-likeness (QED) is 0.481. The second-order valence-electron chi connectivity index (χ2n) is 7.21. The predicted molar refractivity (Wildman–Crippen MR) is 84.8 cm³/mol. The van der Waals surface area contributed by atoms with Gasteiger partial charge >= 0.3 is 0 Å². The van der Waals surface area contributed by atoms with Crippen LogP contribution in [0.2, 0.25) is 0 Å². The van der Waals surface area contributed by atoms with E-state index in [1.54, 1.807) is 26.8 Å². The van der Waals surface area contributed by atoms with Crippen LogP contribution in [0.25, 0.3) is 0 Å². The van der Waals surface area contributed by atoms with Crippen molar-refractivity contribution in [2.75, 3.05) is 13.1 Å². The molecule has 1 atom stereocenters. The van der Waals surface area contributed by atoms with Gasteiger partial charge in [-0.1, -0.05) is 13.8 Å². The summed E-state index contributed by atoms with van der Waals surface area (Å²) >= 11 is 0. The Hall–Kier alpha value is -2.01. The Morgan fingerprint density at radius 3 is 2.07 bits per heavy atom.